The van der Waals surface area contributed by atoms with Gasteiger partial charge in [-0.05, 0) is 49.9 Å². The number of ether oxygens (including phenoxy) is 1. The van der Waals surface area contributed by atoms with Crippen molar-refractivity contribution in [3.05, 3.63) is 0 Å². The molecule has 0 radical (unpaired) electrons. The Bertz CT molecular complexity index is 535. The summed E-state index contributed by atoms with van der Waals surface area (Å²) in [6.45, 7) is 6.68. The number of amides is 1. The lowest BCUT2D eigenvalue weighted by Crippen LogP contribution is -2.43. The molecule has 0 aliphatic carbocycles. The van der Waals surface area contributed by atoms with E-state index in [2.05, 4.69) is 32.3 Å². The number of unbranched alkanes of at least 4 members (excludes halogenated alkanes) is 15. The van der Waals surface area contributed by atoms with Gasteiger partial charge >= 0.3 is 5.97 Å². The average molecular weight is 564 g/mol. The predicted molar refractivity (Wildman–Crippen MR) is 166 cm³/mol. The molecule has 222 valence electrons. The number of carbonyl (C=O) groups is 2. The van der Waals surface area contributed by atoms with Crippen molar-refractivity contribution in [2.45, 2.75) is 167 Å². The Hall–Kier alpha value is -0.420. The molecule has 0 rings (SSSR count). The quantitative estimate of drug-likeness (QED) is 0.0452. The van der Waals surface area contributed by atoms with Crippen molar-refractivity contribution in [3.8, 4) is 0 Å². The number of alkyl halides is 1. The zero-order valence-corrected chi connectivity index (χ0v) is 26.6. The van der Waals surface area contributed by atoms with Crippen LogP contribution in [0.4, 0.5) is 0 Å². The number of halogens is 1. The molecule has 0 aliphatic heterocycles. The number of rotatable bonds is 27. The van der Waals surface area contributed by atoms with Crippen LogP contribution in [0.25, 0.3) is 0 Å². The standard InChI is InChI=1S/C31H62ClNO3S/c1-5-8-11-13-15-16-18-19-21-23-29(32)36-31(35)28(25-27-37(4)26-10-7-3)33-30(34)24-22-20-17-14-12-9-6-2/h28-29,37H,5-27H2,1-4H3,(H,33,34)/t28-,29?/m1/s1. The molecule has 2 unspecified atom stereocenters. The molecule has 0 heterocycles. The van der Waals surface area contributed by atoms with E-state index in [0.717, 1.165) is 31.4 Å². The van der Waals surface area contributed by atoms with Gasteiger partial charge in [-0.15, -0.1) is 0 Å². The first-order valence-electron chi connectivity index (χ1n) is 15.8. The van der Waals surface area contributed by atoms with E-state index in [-0.39, 0.29) is 22.8 Å². The van der Waals surface area contributed by atoms with E-state index in [0.29, 0.717) is 19.3 Å². The van der Waals surface area contributed by atoms with E-state index in [1.165, 1.54) is 95.6 Å². The fraction of sp³-hybridized carbons (Fsp3) is 0.935. The Labute approximate surface area is 238 Å². The van der Waals surface area contributed by atoms with Crippen LogP contribution in [0.1, 0.15) is 156 Å². The molecule has 0 fully saturated rings. The zero-order valence-electron chi connectivity index (χ0n) is 25.0. The molecule has 0 saturated carbocycles. The smallest absolute Gasteiger partial charge is 0.330 e. The number of esters is 1. The van der Waals surface area contributed by atoms with Gasteiger partial charge in [0.05, 0.1) is 0 Å². The SMILES string of the molecule is CCCCCCCCCCCC(Cl)OC(=O)[C@@H](CC[SH](C)CCCC)NC(=O)CCCCCCCCC. The zero-order chi connectivity index (χ0) is 27.6. The third-order valence-corrected chi connectivity index (χ3v) is 9.51. The van der Waals surface area contributed by atoms with Crippen LogP contribution in [0.3, 0.4) is 0 Å². The largest absolute Gasteiger partial charge is 0.444 e. The molecular weight excluding hydrogens is 502 g/mol. The topological polar surface area (TPSA) is 55.4 Å². The monoisotopic (exact) mass is 563 g/mol. The Balaban J connectivity index is 4.40. The fourth-order valence-electron chi connectivity index (χ4n) is 4.53. The van der Waals surface area contributed by atoms with Crippen LogP contribution in [0.2, 0.25) is 0 Å². The van der Waals surface area contributed by atoms with Crippen LogP contribution in [0, 0.1) is 0 Å². The van der Waals surface area contributed by atoms with Crippen molar-refractivity contribution < 1.29 is 14.3 Å². The molecule has 6 heteroatoms. The summed E-state index contributed by atoms with van der Waals surface area (Å²) in [5.41, 5.74) is -0.609. The maximum atomic E-state index is 12.9. The second-order valence-electron chi connectivity index (χ2n) is 10.9. The van der Waals surface area contributed by atoms with E-state index in [4.69, 9.17) is 16.3 Å². The molecule has 0 aliphatic rings. The molecule has 3 atom stereocenters. The van der Waals surface area contributed by atoms with Crippen molar-refractivity contribution in [1.82, 2.24) is 5.32 Å². The lowest BCUT2D eigenvalue weighted by atomic mass is 10.1. The summed E-state index contributed by atoms with van der Waals surface area (Å²) < 4.78 is 5.60. The van der Waals surface area contributed by atoms with Gasteiger partial charge in [0.15, 0.2) is 5.56 Å². The molecule has 1 amide bonds. The van der Waals surface area contributed by atoms with Gasteiger partial charge in [0.25, 0.3) is 0 Å². The molecule has 37 heavy (non-hydrogen) atoms. The first kappa shape index (κ1) is 36.6. The highest BCUT2D eigenvalue weighted by Crippen LogP contribution is 2.24. The Morgan fingerprint density at radius 2 is 1.16 bits per heavy atom. The number of hydrogen-bond donors (Lipinski definition) is 2. The van der Waals surface area contributed by atoms with Gasteiger partial charge in [0.2, 0.25) is 5.91 Å². The molecule has 0 saturated heterocycles. The minimum atomic E-state index is -0.609. The van der Waals surface area contributed by atoms with Crippen LogP contribution in [0.5, 0.6) is 0 Å². The second-order valence-corrected chi connectivity index (χ2v) is 14.0. The maximum Gasteiger partial charge on any atom is 0.330 e. The minimum absolute atomic E-state index is 0.0328. The second kappa shape index (κ2) is 27.2. The first-order chi connectivity index (χ1) is 17.9. The molecule has 0 aromatic carbocycles. The van der Waals surface area contributed by atoms with Gasteiger partial charge < -0.3 is 10.1 Å². The summed E-state index contributed by atoms with van der Waals surface area (Å²) in [7, 11) is -0.123. The van der Waals surface area contributed by atoms with Gasteiger partial charge in [0, 0.05) is 6.42 Å². The normalized spacial score (nSPS) is 14.2. The molecule has 0 aromatic heterocycles. The average Bonchev–Trinajstić information content (AvgIpc) is 2.88. The van der Waals surface area contributed by atoms with Gasteiger partial charge in [-0.3, -0.25) is 15.7 Å². The van der Waals surface area contributed by atoms with Crippen molar-refractivity contribution >= 4 is 34.4 Å². The molecule has 1 N–H and O–H groups in total. The molecule has 0 bridgehead atoms. The summed E-state index contributed by atoms with van der Waals surface area (Å²) in [5.74, 6) is 1.80. The number of hydrogen-bond acceptors (Lipinski definition) is 3. The Morgan fingerprint density at radius 3 is 1.70 bits per heavy atom. The van der Waals surface area contributed by atoms with Gasteiger partial charge in [-0.25, -0.2) is 4.79 Å². The van der Waals surface area contributed by atoms with E-state index in [1.54, 1.807) is 0 Å². The predicted octanol–water partition coefficient (Wildman–Crippen LogP) is 9.46. The lowest BCUT2D eigenvalue weighted by molar-refractivity contribution is -0.150. The fourth-order valence-corrected chi connectivity index (χ4v) is 6.55. The van der Waals surface area contributed by atoms with Crippen LogP contribution in [-0.4, -0.2) is 41.2 Å². The third-order valence-electron chi connectivity index (χ3n) is 7.10. The van der Waals surface area contributed by atoms with Gasteiger partial charge in [0.1, 0.15) is 6.04 Å². The lowest BCUT2D eigenvalue weighted by Gasteiger charge is -2.22. The van der Waals surface area contributed by atoms with E-state index < -0.39 is 11.6 Å². The summed E-state index contributed by atoms with van der Waals surface area (Å²) in [4.78, 5) is 25.5. The van der Waals surface area contributed by atoms with Gasteiger partial charge in [-0.1, -0.05) is 129 Å². The summed E-state index contributed by atoms with van der Waals surface area (Å²) in [6, 6.07) is -0.576. The summed E-state index contributed by atoms with van der Waals surface area (Å²) in [6.07, 6.45) is 26.0. The Kier molecular flexibility index (Phi) is 26.9. The highest BCUT2D eigenvalue weighted by molar-refractivity contribution is 8.16. The van der Waals surface area contributed by atoms with Crippen molar-refractivity contribution in [1.29, 1.82) is 0 Å². The van der Waals surface area contributed by atoms with Crippen molar-refractivity contribution in [3.63, 3.8) is 0 Å². The molecule has 0 spiro atoms. The number of thiol groups is 1. The maximum absolute atomic E-state index is 12.9. The minimum Gasteiger partial charge on any atom is -0.444 e. The molecular formula is C31H62ClNO3S. The summed E-state index contributed by atoms with van der Waals surface area (Å²) >= 11 is 6.39. The summed E-state index contributed by atoms with van der Waals surface area (Å²) in [5, 5.41) is 2.99. The van der Waals surface area contributed by atoms with Crippen LogP contribution in [0.15, 0.2) is 0 Å². The Morgan fingerprint density at radius 1 is 0.676 bits per heavy atom. The first-order valence-corrected chi connectivity index (χ1v) is 18.4. The van der Waals surface area contributed by atoms with E-state index in [1.807, 2.05) is 0 Å². The van der Waals surface area contributed by atoms with Crippen LogP contribution < -0.4 is 5.32 Å². The number of nitrogens with one attached hydrogen (secondary N) is 1. The van der Waals surface area contributed by atoms with Crippen molar-refractivity contribution in [2.24, 2.45) is 0 Å². The molecule has 4 nitrogen and oxygen atoms in total. The highest BCUT2D eigenvalue weighted by Gasteiger charge is 2.24. The van der Waals surface area contributed by atoms with Crippen LogP contribution in [-0.2, 0) is 14.3 Å². The van der Waals surface area contributed by atoms with Gasteiger partial charge in [-0.2, -0.15) is 0 Å². The number of carbonyl (C=O) groups excluding carboxylic acids is 2. The van der Waals surface area contributed by atoms with Crippen LogP contribution >= 0.6 is 22.5 Å². The third kappa shape index (κ3) is 24.4. The molecule has 0 aromatic rings. The highest BCUT2D eigenvalue weighted by atomic mass is 35.5. The van der Waals surface area contributed by atoms with Crippen molar-refractivity contribution in [2.75, 3.05) is 17.8 Å². The van der Waals surface area contributed by atoms with E-state index in [9.17, 15) is 9.59 Å². The van der Waals surface area contributed by atoms with E-state index >= 15 is 0 Å².